The van der Waals surface area contributed by atoms with Gasteiger partial charge in [0, 0.05) is 18.9 Å². The second kappa shape index (κ2) is 8.80. The molecule has 0 aromatic carbocycles. The van der Waals surface area contributed by atoms with Crippen molar-refractivity contribution in [1.82, 2.24) is 0 Å². The predicted octanol–water partition coefficient (Wildman–Crippen LogP) is 2.85. The summed E-state index contributed by atoms with van der Waals surface area (Å²) in [6, 6.07) is 0. The molecule has 0 amide bonds. The Balaban J connectivity index is 2.37. The molecule has 2 heterocycles. The smallest absolute Gasteiger partial charge is 0.309 e. The lowest BCUT2D eigenvalue weighted by molar-refractivity contribution is -0.162. The molecule has 162 valence electrons. The summed E-state index contributed by atoms with van der Waals surface area (Å²) >= 11 is 0. The average Bonchev–Trinajstić information content (AvgIpc) is 3.44. The molecule has 1 N–H and O–H groups in total. The van der Waals surface area contributed by atoms with Crippen molar-refractivity contribution in [3.8, 4) is 0 Å². The molecule has 0 aromatic heterocycles. The van der Waals surface area contributed by atoms with Crippen molar-refractivity contribution in [1.29, 1.82) is 0 Å². The first-order chi connectivity index (χ1) is 13.0. The zero-order valence-corrected chi connectivity index (χ0v) is 18.6. The van der Waals surface area contributed by atoms with Crippen LogP contribution in [0.15, 0.2) is 0 Å². The van der Waals surface area contributed by atoms with E-state index in [1.54, 1.807) is 21.0 Å². The number of rotatable bonds is 1. The quantitative estimate of drug-likeness (QED) is 0.540. The number of carbonyl (C=O) groups is 2. The number of hydrogen-bond donors (Lipinski definition) is 1. The standard InChI is InChI=1S/C22H38O6/c1-11-9-22(10-27-22)20(24)16(6)18(23)15(5)17(7)28-21(25)14(4)12(2)13(3)19(11)26-8/h11-19,23H,9-10H2,1-8H3/t11-,12-,13-,14+,15-,16+,17+,18-,19-,22+/m0/s1. The fourth-order valence-electron chi connectivity index (χ4n) is 4.72. The van der Waals surface area contributed by atoms with Crippen LogP contribution < -0.4 is 0 Å². The molecule has 6 nitrogen and oxygen atoms in total. The van der Waals surface area contributed by atoms with Gasteiger partial charge in [-0.25, -0.2) is 0 Å². The normalized spacial score (nSPS) is 48.8. The van der Waals surface area contributed by atoms with E-state index in [9.17, 15) is 14.7 Å². The maximum absolute atomic E-state index is 13.1. The second-order valence-electron chi connectivity index (χ2n) is 9.32. The van der Waals surface area contributed by atoms with Crippen molar-refractivity contribution in [2.24, 2.45) is 35.5 Å². The maximum Gasteiger partial charge on any atom is 0.309 e. The summed E-state index contributed by atoms with van der Waals surface area (Å²) in [5, 5.41) is 10.8. The van der Waals surface area contributed by atoms with Gasteiger partial charge in [-0.05, 0) is 31.1 Å². The molecule has 2 aliphatic heterocycles. The van der Waals surface area contributed by atoms with E-state index < -0.39 is 23.7 Å². The SMILES string of the molecule is CO[C@@H]1[C@@H](C)[C@H](C)[C@@H](C)C(=O)O[C@H](C)[C@H](C)[C@H](O)[C@@H](C)C(=O)[C@]2(CO2)C[C@@H]1C. The lowest BCUT2D eigenvalue weighted by atomic mass is 9.74. The summed E-state index contributed by atoms with van der Waals surface area (Å²) in [4.78, 5) is 25.8. The first-order valence-electron chi connectivity index (χ1n) is 10.6. The van der Waals surface area contributed by atoms with Gasteiger partial charge in [-0.15, -0.1) is 0 Å². The third kappa shape index (κ3) is 4.44. The Morgan fingerprint density at radius 1 is 0.964 bits per heavy atom. The number of Topliss-reactive ketones (excluding diaryl/α,β-unsaturated/α-hetero) is 1. The number of hydrogen-bond acceptors (Lipinski definition) is 6. The molecule has 0 radical (unpaired) electrons. The van der Waals surface area contributed by atoms with Gasteiger partial charge in [0.25, 0.3) is 0 Å². The van der Waals surface area contributed by atoms with E-state index in [2.05, 4.69) is 13.8 Å². The van der Waals surface area contributed by atoms with Crippen molar-refractivity contribution < 1.29 is 28.9 Å². The highest BCUT2D eigenvalue weighted by Gasteiger charge is 2.56. The van der Waals surface area contributed by atoms with E-state index in [1.807, 2.05) is 20.8 Å². The first-order valence-corrected chi connectivity index (χ1v) is 10.6. The number of esters is 1. The minimum absolute atomic E-state index is 0.0426. The molecular weight excluding hydrogens is 360 g/mol. The number of carbonyl (C=O) groups excluding carboxylic acids is 2. The number of methoxy groups -OCH3 is 1. The molecule has 0 aliphatic carbocycles. The second-order valence-corrected chi connectivity index (χ2v) is 9.32. The van der Waals surface area contributed by atoms with Crippen LogP contribution in [0.25, 0.3) is 0 Å². The third-order valence-electron chi connectivity index (χ3n) is 7.44. The molecule has 0 saturated carbocycles. The Bertz CT molecular complexity index is 571. The molecular formula is C22H38O6. The highest BCUT2D eigenvalue weighted by Crippen LogP contribution is 2.42. The minimum Gasteiger partial charge on any atom is -0.462 e. The maximum atomic E-state index is 13.1. The van der Waals surface area contributed by atoms with Crippen LogP contribution in [0.5, 0.6) is 0 Å². The Kier molecular flexibility index (Phi) is 7.32. The van der Waals surface area contributed by atoms with Crippen molar-refractivity contribution in [3.05, 3.63) is 0 Å². The van der Waals surface area contributed by atoms with Crippen LogP contribution in [0.4, 0.5) is 0 Å². The third-order valence-corrected chi connectivity index (χ3v) is 7.44. The van der Waals surface area contributed by atoms with Gasteiger partial charge in [-0.1, -0.05) is 41.5 Å². The largest absolute Gasteiger partial charge is 0.462 e. The summed E-state index contributed by atoms with van der Waals surface area (Å²) in [5.41, 5.74) is -0.824. The van der Waals surface area contributed by atoms with Gasteiger partial charge in [0.2, 0.25) is 0 Å². The van der Waals surface area contributed by atoms with Crippen molar-refractivity contribution >= 4 is 11.8 Å². The zero-order chi connectivity index (χ0) is 21.4. The van der Waals surface area contributed by atoms with E-state index >= 15 is 0 Å². The number of aliphatic hydroxyl groups is 1. The molecule has 2 aliphatic rings. The van der Waals surface area contributed by atoms with Gasteiger partial charge in [-0.3, -0.25) is 9.59 Å². The van der Waals surface area contributed by atoms with Gasteiger partial charge in [0.05, 0.1) is 24.7 Å². The molecule has 10 atom stereocenters. The van der Waals surface area contributed by atoms with Gasteiger partial charge in [0.15, 0.2) is 11.4 Å². The van der Waals surface area contributed by atoms with Gasteiger partial charge in [0.1, 0.15) is 6.10 Å². The summed E-state index contributed by atoms with van der Waals surface area (Å²) in [7, 11) is 1.68. The van der Waals surface area contributed by atoms with Gasteiger partial charge >= 0.3 is 5.97 Å². The number of epoxide rings is 1. The summed E-state index contributed by atoms with van der Waals surface area (Å²) in [6.07, 6.45) is -0.946. The molecule has 2 rings (SSSR count). The lowest BCUT2D eigenvalue weighted by Crippen LogP contribution is -2.46. The Morgan fingerprint density at radius 2 is 1.54 bits per heavy atom. The van der Waals surface area contributed by atoms with Crippen LogP contribution in [0.1, 0.15) is 54.9 Å². The Morgan fingerprint density at radius 3 is 2.04 bits per heavy atom. The number of aliphatic hydroxyl groups excluding tert-OH is 1. The fraction of sp³-hybridized carbons (Fsp3) is 0.909. The summed E-state index contributed by atoms with van der Waals surface area (Å²) < 4.78 is 17.1. The average molecular weight is 399 g/mol. The topological polar surface area (TPSA) is 85.4 Å². The van der Waals surface area contributed by atoms with E-state index in [4.69, 9.17) is 14.2 Å². The van der Waals surface area contributed by atoms with Crippen molar-refractivity contribution in [2.75, 3.05) is 13.7 Å². The molecule has 2 fully saturated rings. The van der Waals surface area contributed by atoms with Crippen molar-refractivity contribution in [3.63, 3.8) is 0 Å². The molecule has 6 heteroatoms. The first kappa shape index (κ1) is 23.3. The zero-order valence-electron chi connectivity index (χ0n) is 18.6. The number of ketones is 1. The van der Waals surface area contributed by atoms with E-state index in [0.29, 0.717) is 13.0 Å². The molecule has 2 saturated heterocycles. The van der Waals surface area contributed by atoms with Crippen LogP contribution in [0, 0.1) is 35.5 Å². The number of ether oxygens (including phenoxy) is 3. The van der Waals surface area contributed by atoms with Crippen molar-refractivity contribution in [2.45, 2.75) is 78.8 Å². The predicted molar refractivity (Wildman–Crippen MR) is 106 cm³/mol. The summed E-state index contributed by atoms with van der Waals surface area (Å²) in [5.74, 6) is -1.37. The van der Waals surface area contributed by atoms with Crippen LogP contribution in [0.2, 0.25) is 0 Å². The lowest BCUT2D eigenvalue weighted by Gasteiger charge is -2.37. The van der Waals surface area contributed by atoms with E-state index in [0.717, 1.165) is 0 Å². The molecule has 1 spiro atoms. The van der Waals surface area contributed by atoms with E-state index in [1.165, 1.54) is 0 Å². The minimum atomic E-state index is -0.903. The van der Waals surface area contributed by atoms with Crippen LogP contribution in [-0.4, -0.2) is 54.5 Å². The van der Waals surface area contributed by atoms with Crippen LogP contribution >= 0.6 is 0 Å². The highest BCUT2D eigenvalue weighted by atomic mass is 16.6. The molecule has 0 bridgehead atoms. The van der Waals surface area contributed by atoms with Crippen LogP contribution in [0.3, 0.4) is 0 Å². The highest BCUT2D eigenvalue weighted by molar-refractivity contribution is 5.92. The summed E-state index contributed by atoms with van der Waals surface area (Å²) in [6.45, 7) is 13.8. The molecule has 0 aromatic rings. The van der Waals surface area contributed by atoms with E-state index in [-0.39, 0.29) is 47.4 Å². The molecule has 28 heavy (non-hydrogen) atoms. The van der Waals surface area contributed by atoms with Gasteiger partial charge < -0.3 is 19.3 Å². The van der Waals surface area contributed by atoms with Crippen LogP contribution in [-0.2, 0) is 23.8 Å². The Labute approximate surface area is 169 Å². The number of cyclic esters (lactones) is 1. The van der Waals surface area contributed by atoms with Gasteiger partial charge in [-0.2, -0.15) is 0 Å². The monoisotopic (exact) mass is 398 g/mol. The Hall–Kier alpha value is -0.980. The molecule has 0 unspecified atom stereocenters. The fourth-order valence-corrected chi connectivity index (χ4v) is 4.72.